The lowest BCUT2D eigenvalue weighted by Crippen LogP contribution is -2.48. The zero-order valence-corrected chi connectivity index (χ0v) is 15.4. The first kappa shape index (κ1) is 18.1. The first-order valence-electron chi connectivity index (χ1n) is 8.68. The van der Waals surface area contributed by atoms with Gasteiger partial charge in [-0.15, -0.1) is 0 Å². The number of nitrogens with one attached hydrogen (secondary N) is 2. The van der Waals surface area contributed by atoms with Gasteiger partial charge in [0.15, 0.2) is 0 Å². The zero-order valence-electron chi connectivity index (χ0n) is 13.8. The quantitative estimate of drug-likeness (QED) is 0.777. The molecule has 0 saturated heterocycles. The molecule has 2 aliphatic rings. The summed E-state index contributed by atoms with van der Waals surface area (Å²) in [7, 11) is -0.735. The summed E-state index contributed by atoms with van der Waals surface area (Å²) >= 11 is 2.01. The van der Waals surface area contributed by atoms with E-state index >= 15 is 0 Å². The second-order valence-corrected chi connectivity index (χ2v) is 9.94. The summed E-state index contributed by atoms with van der Waals surface area (Å²) in [6.45, 7) is 4.17. The molecule has 0 aliphatic heterocycles. The predicted molar refractivity (Wildman–Crippen MR) is 96.0 cm³/mol. The van der Waals surface area contributed by atoms with Gasteiger partial charge in [-0.1, -0.05) is 20.3 Å². The van der Waals surface area contributed by atoms with Gasteiger partial charge in [-0.2, -0.15) is 11.8 Å². The summed E-state index contributed by atoms with van der Waals surface area (Å²) in [5, 5.41) is 7.22. The first-order valence-corrected chi connectivity index (χ1v) is 11.1. The average Bonchev–Trinajstić information content (AvgIpc) is 2.94. The molecule has 0 heterocycles. The van der Waals surface area contributed by atoms with Gasteiger partial charge in [0.2, 0.25) is 0 Å². The van der Waals surface area contributed by atoms with Gasteiger partial charge >= 0.3 is 6.03 Å². The highest BCUT2D eigenvalue weighted by molar-refractivity contribution is 7.99. The standard InChI is InChI=1S/C16H30N2O2S2/c1-3-21-14-9-8-13(10-14)18-16(19)17-12-6-5-7-15(11-12)22(20)4-2/h12-15H,3-11H2,1-2H3,(H2,17,18,19)/t12-,13+,14-,15+,22+/m1/s1. The van der Waals surface area contributed by atoms with Crippen LogP contribution in [0.15, 0.2) is 0 Å². The summed E-state index contributed by atoms with van der Waals surface area (Å²) in [4.78, 5) is 12.2. The number of urea groups is 1. The fourth-order valence-corrected chi connectivity index (χ4v) is 6.11. The molecule has 2 aliphatic carbocycles. The molecule has 0 unspecified atom stereocenters. The van der Waals surface area contributed by atoms with Gasteiger partial charge in [0.05, 0.1) is 0 Å². The van der Waals surface area contributed by atoms with Gasteiger partial charge in [-0.3, -0.25) is 4.21 Å². The van der Waals surface area contributed by atoms with Crippen LogP contribution in [-0.4, -0.2) is 44.3 Å². The van der Waals surface area contributed by atoms with E-state index in [2.05, 4.69) is 17.6 Å². The molecule has 2 N–H and O–H groups in total. The minimum atomic E-state index is -0.735. The molecule has 0 radical (unpaired) electrons. The molecule has 0 spiro atoms. The van der Waals surface area contributed by atoms with Crippen molar-refractivity contribution in [1.29, 1.82) is 0 Å². The largest absolute Gasteiger partial charge is 0.335 e. The SMILES string of the molecule is CCS[C@@H]1CC[C@H](NC(=O)N[C@@H]2CCC[C@H]([S@@](=O)CC)C2)C1. The second kappa shape index (κ2) is 9.16. The van der Waals surface area contributed by atoms with Crippen LogP contribution >= 0.6 is 11.8 Å². The molecule has 0 bridgehead atoms. The average molecular weight is 347 g/mol. The fraction of sp³-hybridized carbons (Fsp3) is 0.938. The zero-order chi connectivity index (χ0) is 15.9. The van der Waals surface area contributed by atoms with E-state index in [-0.39, 0.29) is 17.3 Å². The van der Waals surface area contributed by atoms with Crippen molar-refractivity contribution in [2.75, 3.05) is 11.5 Å². The number of rotatable bonds is 6. The van der Waals surface area contributed by atoms with Crippen molar-refractivity contribution in [2.24, 2.45) is 0 Å². The molecule has 128 valence electrons. The third kappa shape index (κ3) is 5.44. The second-order valence-electron chi connectivity index (χ2n) is 6.36. The molecule has 0 aromatic carbocycles. The summed E-state index contributed by atoms with van der Waals surface area (Å²) in [5.41, 5.74) is 0. The molecule has 4 nitrogen and oxygen atoms in total. The van der Waals surface area contributed by atoms with Gasteiger partial charge in [0.1, 0.15) is 0 Å². The van der Waals surface area contributed by atoms with E-state index in [9.17, 15) is 9.00 Å². The van der Waals surface area contributed by atoms with Crippen molar-refractivity contribution in [3.63, 3.8) is 0 Å². The van der Waals surface area contributed by atoms with Crippen LogP contribution in [0.25, 0.3) is 0 Å². The van der Waals surface area contributed by atoms with Gasteiger partial charge < -0.3 is 10.6 Å². The van der Waals surface area contributed by atoms with Crippen molar-refractivity contribution in [2.45, 2.75) is 81.4 Å². The Balaban J connectivity index is 1.72. The number of carbonyl (C=O) groups excluding carboxylic acids is 1. The van der Waals surface area contributed by atoms with Crippen molar-refractivity contribution in [1.82, 2.24) is 10.6 Å². The third-order valence-electron chi connectivity index (χ3n) is 4.74. The maximum atomic E-state index is 12.2. The number of carbonyl (C=O) groups is 1. The maximum Gasteiger partial charge on any atom is 0.315 e. The van der Waals surface area contributed by atoms with E-state index in [1.54, 1.807) is 0 Å². The Morgan fingerprint density at radius 1 is 1.09 bits per heavy atom. The van der Waals surface area contributed by atoms with Gasteiger partial charge in [0, 0.05) is 39.1 Å². The fourth-order valence-electron chi connectivity index (χ4n) is 3.62. The van der Waals surface area contributed by atoms with Crippen molar-refractivity contribution >= 4 is 28.6 Å². The van der Waals surface area contributed by atoms with E-state index in [0.717, 1.165) is 50.0 Å². The van der Waals surface area contributed by atoms with Gasteiger partial charge in [-0.25, -0.2) is 4.79 Å². The van der Waals surface area contributed by atoms with E-state index in [0.29, 0.717) is 11.3 Å². The van der Waals surface area contributed by atoms with Crippen LogP contribution < -0.4 is 10.6 Å². The van der Waals surface area contributed by atoms with Crippen molar-refractivity contribution < 1.29 is 9.00 Å². The Morgan fingerprint density at radius 3 is 2.50 bits per heavy atom. The smallest absolute Gasteiger partial charge is 0.315 e. The van der Waals surface area contributed by atoms with E-state index in [4.69, 9.17) is 0 Å². The van der Waals surface area contributed by atoms with Gasteiger partial charge in [-0.05, 0) is 44.3 Å². The topological polar surface area (TPSA) is 58.2 Å². The third-order valence-corrected chi connectivity index (χ3v) is 7.71. The van der Waals surface area contributed by atoms with Crippen LogP contribution in [0.4, 0.5) is 4.79 Å². The Labute approximate surface area is 141 Å². The van der Waals surface area contributed by atoms with Crippen molar-refractivity contribution in [3.05, 3.63) is 0 Å². The van der Waals surface area contributed by atoms with Crippen LogP contribution in [0.5, 0.6) is 0 Å². The van der Waals surface area contributed by atoms with E-state index < -0.39 is 10.8 Å². The molecule has 0 aromatic rings. The summed E-state index contributed by atoms with van der Waals surface area (Å²) < 4.78 is 12.0. The van der Waals surface area contributed by atoms with Crippen LogP contribution in [0, 0.1) is 0 Å². The lowest BCUT2D eigenvalue weighted by molar-refractivity contribution is 0.229. The maximum absolute atomic E-state index is 12.2. The van der Waals surface area contributed by atoms with Crippen molar-refractivity contribution in [3.8, 4) is 0 Å². The molecular weight excluding hydrogens is 316 g/mol. The minimum absolute atomic E-state index is 0.0277. The summed E-state index contributed by atoms with van der Waals surface area (Å²) in [6, 6.07) is 0.491. The molecule has 6 heteroatoms. The lowest BCUT2D eigenvalue weighted by atomic mass is 9.95. The monoisotopic (exact) mass is 346 g/mol. The number of hydrogen-bond donors (Lipinski definition) is 2. The van der Waals surface area contributed by atoms with Gasteiger partial charge in [0.25, 0.3) is 0 Å². The normalized spacial score (nSPS) is 33.4. The highest BCUT2D eigenvalue weighted by Gasteiger charge is 2.29. The number of amides is 2. The Hall–Kier alpha value is -0.230. The molecule has 2 saturated carbocycles. The van der Waals surface area contributed by atoms with Crippen LogP contribution in [0.2, 0.25) is 0 Å². The molecule has 2 fully saturated rings. The molecule has 2 amide bonds. The molecular formula is C16H30N2O2S2. The van der Waals surface area contributed by atoms with Crippen LogP contribution in [0.1, 0.15) is 58.8 Å². The molecule has 5 atom stereocenters. The predicted octanol–water partition coefficient (Wildman–Crippen LogP) is 3.04. The van der Waals surface area contributed by atoms with E-state index in [1.165, 1.54) is 6.42 Å². The highest BCUT2D eigenvalue weighted by atomic mass is 32.2. The Kier molecular flexibility index (Phi) is 7.54. The number of thioether (sulfide) groups is 1. The van der Waals surface area contributed by atoms with E-state index in [1.807, 2.05) is 18.7 Å². The highest BCUT2D eigenvalue weighted by Crippen LogP contribution is 2.29. The Morgan fingerprint density at radius 2 is 1.82 bits per heavy atom. The first-order chi connectivity index (χ1) is 10.6. The summed E-state index contributed by atoms with van der Waals surface area (Å²) in [5.74, 6) is 1.88. The number of hydrogen-bond acceptors (Lipinski definition) is 3. The van der Waals surface area contributed by atoms with Crippen LogP contribution in [0.3, 0.4) is 0 Å². The molecule has 22 heavy (non-hydrogen) atoms. The minimum Gasteiger partial charge on any atom is -0.335 e. The summed E-state index contributed by atoms with van der Waals surface area (Å²) in [6.07, 6.45) is 7.40. The molecule has 2 rings (SSSR count). The Bertz CT molecular complexity index is 392. The molecule has 0 aromatic heterocycles. The van der Waals surface area contributed by atoms with Crippen LogP contribution in [-0.2, 0) is 10.8 Å². The lowest BCUT2D eigenvalue weighted by Gasteiger charge is -2.29.